The third-order valence-electron chi connectivity index (χ3n) is 7.21. The van der Waals surface area contributed by atoms with Gasteiger partial charge in [0.25, 0.3) is 5.56 Å². The maximum absolute atomic E-state index is 14.0. The van der Waals surface area contributed by atoms with E-state index in [-0.39, 0.29) is 0 Å². The van der Waals surface area contributed by atoms with E-state index in [1.807, 2.05) is 121 Å². The van der Waals surface area contributed by atoms with Crippen molar-refractivity contribution in [3.05, 3.63) is 166 Å². The number of rotatable bonds is 5. The van der Waals surface area contributed by atoms with Crippen molar-refractivity contribution in [1.82, 2.24) is 19.1 Å². The second-order valence-electron chi connectivity index (χ2n) is 9.86. The van der Waals surface area contributed by atoms with E-state index >= 15 is 0 Å². The summed E-state index contributed by atoms with van der Waals surface area (Å²) in [4.78, 5) is 37.7. The molecule has 0 N–H and O–H groups in total. The third kappa shape index (κ3) is 4.51. The third-order valence-corrected chi connectivity index (χ3v) is 7.21. The number of nitrogens with zero attached hydrogens (tertiary/aromatic N) is 4. The van der Waals surface area contributed by atoms with Gasteiger partial charge in [0.15, 0.2) is 5.82 Å². The summed E-state index contributed by atoms with van der Waals surface area (Å²) in [5.41, 5.74) is 4.97. The molecule has 0 saturated carbocycles. The van der Waals surface area contributed by atoms with E-state index in [9.17, 15) is 9.59 Å². The zero-order chi connectivity index (χ0) is 28.5. The van der Waals surface area contributed by atoms with Gasteiger partial charge >= 0.3 is 5.69 Å². The normalized spacial score (nSPS) is 11.0. The van der Waals surface area contributed by atoms with Crippen LogP contribution in [-0.2, 0) is 0 Å². The van der Waals surface area contributed by atoms with Crippen molar-refractivity contribution in [3.63, 3.8) is 0 Å². The van der Waals surface area contributed by atoms with Crippen LogP contribution < -0.4 is 11.2 Å². The van der Waals surface area contributed by atoms with E-state index in [2.05, 4.69) is 0 Å². The molecule has 0 aliphatic carbocycles. The van der Waals surface area contributed by atoms with Crippen molar-refractivity contribution in [3.8, 4) is 45.3 Å². The molecule has 7 rings (SSSR count). The molecule has 6 heteroatoms. The van der Waals surface area contributed by atoms with E-state index in [0.717, 1.165) is 22.5 Å². The molecular weight excluding hydrogens is 520 g/mol. The van der Waals surface area contributed by atoms with Gasteiger partial charge in [0.2, 0.25) is 0 Å². The molecule has 0 bridgehead atoms. The lowest BCUT2D eigenvalue weighted by Gasteiger charge is -2.15. The molecule has 5 aromatic carbocycles. The molecular formula is C36H24N4O2. The first kappa shape index (κ1) is 25.1. The van der Waals surface area contributed by atoms with Crippen molar-refractivity contribution in [2.24, 2.45) is 0 Å². The van der Waals surface area contributed by atoms with Crippen LogP contribution in [0.2, 0.25) is 0 Å². The minimum Gasteiger partial charge on any atom is -0.268 e. The van der Waals surface area contributed by atoms with Gasteiger partial charge in [-0.15, -0.1) is 0 Å². The topological polar surface area (TPSA) is 69.8 Å². The Labute approximate surface area is 241 Å². The second kappa shape index (κ2) is 10.6. The highest BCUT2D eigenvalue weighted by Gasteiger charge is 2.18. The van der Waals surface area contributed by atoms with Crippen LogP contribution in [0.15, 0.2) is 155 Å². The predicted molar refractivity (Wildman–Crippen MR) is 167 cm³/mol. The van der Waals surface area contributed by atoms with Crippen LogP contribution in [0.1, 0.15) is 0 Å². The summed E-state index contributed by atoms with van der Waals surface area (Å²) in [7, 11) is 0. The number of para-hydroxylation sites is 2. The summed E-state index contributed by atoms with van der Waals surface area (Å²) in [5.74, 6) is 0.486. The molecule has 0 aliphatic rings. The maximum atomic E-state index is 14.0. The Balaban J connectivity index is 1.51. The SMILES string of the molecule is O=c1c2cc(-c3nc(-c4ccccc4)cc(-c4ccccc4)n3)ccc2n(-c2ccccc2)c(=O)n1-c1ccccc1. The zero-order valence-electron chi connectivity index (χ0n) is 22.5. The zero-order valence-corrected chi connectivity index (χ0v) is 22.5. The Bertz CT molecular complexity index is 2100. The van der Waals surface area contributed by atoms with E-state index in [0.29, 0.717) is 33.7 Å². The summed E-state index contributed by atoms with van der Waals surface area (Å²) in [5, 5.41) is 0.384. The van der Waals surface area contributed by atoms with Crippen LogP contribution >= 0.6 is 0 Å². The minimum atomic E-state index is -0.439. The number of hydrogen-bond acceptors (Lipinski definition) is 4. The highest BCUT2D eigenvalue weighted by atomic mass is 16.2. The average molecular weight is 545 g/mol. The number of fused-ring (bicyclic) bond motifs is 1. The van der Waals surface area contributed by atoms with Gasteiger partial charge in [-0.3, -0.25) is 9.36 Å². The van der Waals surface area contributed by atoms with Crippen molar-refractivity contribution in [1.29, 1.82) is 0 Å². The summed E-state index contributed by atoms with van der Waals surface area (Å²) < 4.78 is 2.79. The Hall–Kier alpha value is -5.88. The fourth-order valence-corrected chi connectivity index (χ4v) is 5.17. The standard InChI is InChI=1S/C36H24N4O2/c41-35-30-23-27(34-37-31(25-13-5-1-6-14-25)24-32(38-34)26-15-7-2-8-16-26)21-22-33(30)39(28-17-9-3-10-18-28)36(42)40(35)29-19-11-4-12-20-29/h1-24H. The van der Waals surface area contributed by atoms with Gasteiger partial charge in [0, 0.05) is 16.7 Å². The smallest absolute Gasteiger partial charge is 0.268 e. The van der Waals surface area contributed by atoms with Gasteiger partial charge in [0.1, 0.15) is 0 Å². The lowest BCUT2D eigenvalue weighted by Crippen LogP contribution is -2.38. The first-order valence-electron chi connectivity index (χ1n) is 13.6. The van der Waals surface area contributed by atoms with Crippen LogP contribution in [-0.4, -0.2) is 19.1 Å². The van der Waals surface area contributed by atoms with Crippen molar-refractivity contribution in [2.75, 3.05) is 0 Å². The molecule has 7 aromatic rings. The molecule has 200 valence electrons. The molecule has 0 radical (unpaired) electrons. The molecule has 0 spiro atoms. The molecule has 0 amide bonds. The molecule has 0 unspecified atom stereocenters. The highest BCUT2D eigenvalue weighted by molar-refractivity contribution is 5.85. The summed E-state index contributed by atoms with van der Waals surface area (Å²) >= 11 is 0. The Morgan fingerprint density at radius 1 is 0.452 bits per heavy atom. The molecule has 0 saturated heterocycles. The van der Waals surface area contributed by atoms with E-state index in [1.165, 1.54) is 4.57 Å². The van der Waals surface area contributed by atoms with Gasteiger partial charge in [-0.1, -0.05) is 97.1 Å². The monoisotopic (exact) mass is 544 g/mol. The molecule has 0 atom stereocenters. The second-order valence-corrected chi connectivity index (χ2v) is 9.86. The lowest BCUT2D eigenvalue weighted by molar-refractivity contribution is 0.835. The molecule has 2 heterocycles. The van der Waals surface area contributed by atoms with Gasteiger partial charge in [-0.05, 0) is 48.5 Å². The number of benzene rings is 5. The average Bonchev–Trinajstić information content (AvgIpc) is 3.06. The van der Waals surface area contributed by atoms with Crippen molar-refractivity contribution in [2.45, 2.75) is 0 Å². The van der Waals surface area contributed by atoms with Crippen molar-refractivity contribution < 1.29 is 0 Å². The lowest BCUT2D eigenvalue weighted by atomic mass is 10.1. The van der Waals surface area contributed by atoms with E-state index in [1.54, 1.807) is 28.8 Å². The van der Waals surface area contributed by atoms with Crippen LogP contribution in [0.25, 0.3) is 56.2 Å². The molecule has 42 heavy (non-hydrogen) atoms. The summed E-state index contributed by atoms with van der Waals surface area (Å²) in [6.07, 6.45) is 0. The van der Waals surface area contributed by atoms with E-state index in [4.69, 9.17) is 9.97 Å². The molecule has 6 nitrogen and oxygen atoms in total. The van der Waals surface area contributed by atoms with Gasteiger partial charge in [0.05, 0.1) is 33.7 Å². The fourth-order valence-electron chi connectivity index (χ4n) is 5.17. The number of aromatic nitrogens is 4. The molecule has 2 aromatic heterocycles. The quantitative estimate of drug-likeness (QED) is 0.236. The van der Waals surface area contributed by atoms with Crippen LogP contribution in [0.4, 0.5) is 0 Å². The Morgan fingerprint density at radius 3 is 1.45 bits per heavy atom. The Kier molecular flexibility index (Phi) is 6.33. The maximum Gasteiger partial charge on any atom is 0.340 e. The largest absolute Gasteiger partial charge is 0.340 e. The van der Waals surface area contributed by atoms with E-state index < -0.39 is 11.2 Å². The first-order valence-corrected chi connectivity index (χ1v) is 13.6. The van der Waals surface area contributed by atoms with Gasteiger partial charge in [-0.2, -0.15) is 0 Å². The van der Waals surface area contributed by atoms with Crippen molar-refractivity contribution >= 4 is 10.9 Å². The van der Waals surface area contributed by atoms with Gasteiger partial charge in [-0.25, -0.2) is 19.3 Å². The van der Waals surface area contributed by atoms with Crippen LogP contribution in [0.5, 0.6) is 0 Å². The Morgan fingerprint density at radius 2 is 0.929 bits per heavy atom. The number of hydrogen-bond donors (Lipinski definition) is 0. The molecule has 0 aliphatic heterocycles. The predicted octanol–water partition coefficient (Wildman–Crippen LogP) is 6.93. The van der Waals surface area contributed by atoms with Crippen LogP contribution in [0.3, 0.4) is 0 Å². The fraction of sp³-hybridized carbons (Fsp3) is 0. The minimum absolute atomic E-state index is 0.384. The summed E-state index contributed by atoms with van der Waals surface area (Å²) in [6, 6.07) is 45.6. The highest BCUT2D eigenvalue weighted by Crippen LogP contribution is 2.29. The summed E-state index contributed by atoms with van der Waals surface area (Å²) in [6.45, 7) is 0. The van der Waals surface area contributed by atoms with Gasteiger partial charge < -0.3 is 0 Å². The first-order chi connectivity index (χ1) is 20.7. The van der Waals surface area contributed by atoms with Crippen LogP contribution in [0, 0.1) is 0 Å². The molecule has 0 fully saturated rings.